The molecule has 0 aliphatic carbocycles. The van der Waals surface area contributed by atoms with Crippen molar-refractivity contribution in [3.05, 3.63) is 116 Å². The lowest BCUT2D eigenvalue weighted by Gasteiger charge is -2.48. The minimum atomic E-state index is -6.02. The predicted octanol–water partition coefficient (Wildman–Crippen LogP) is 9.83. The van der Waals surface area contributed by atoms with Crippen LogP contribution in [0.2, 0.25) is 0 Å². The summed E-state index contributed by atoms with van der Waals surface area (Å²) >= 11 is 0. The van der Waals surface area contributed by atoms with E-state index in [1.807, 2.05) is 0 Å². The summed E-state index contributed by atoms with van der Waals surface area (Å²) in [4.78, 5) is 25.7. The fourth-order valence-corrected chi connectivity index (χ4v) is 13.9. The van der Waals surface area contributed by atoms with Crippen LogP contribution in [0.4, 0.5) is 0 Å². The van der Waals surface area contributed by atoms with Gasteiger partial charge in [0.1, 0.15) is 73.2 Å². The molecule has 4 heterocycles. The van der Waals surface area contributed by atoms with Gasteiger partial charge >= 0.3 is 0 Å². The monoisotopic (exact) mass is 1460 g/mol. The van der Waals surface area contributed by atoms with E-state index < -0.39 is 152 Å². The SMILES string of the molecule is CC(C)=CCC/C(C)=C/CC/C(C)=C\CC/C(C)=C\CC/C(C)=C\CC/C(C)=C\CC/C(C)=C\CC/C(C)=C\CC/C(C)=C\CC/C(C)=C\COP(=O)([O-])OP(=O)([O-])O[C@@H]1O[C@H](CO)[C@H](O)[C@H](O[C@@H]2O[C@@H](C)[C@H](O[C@H]3O[C@H](CO)[C@@H](O)[C@H](O[C@H]4O[C@H](C)[C@H](O)C[C@H]4O)[C@@H]3O)[C@@H](O)[C@H]2O)[C@H]1O. The van der Waals surface area contributed by atoms with Crippen molar-refractivity contribution >= 4 is 15.6 Å². The van der Waals surface area contributed by atoms with Gasteiger partial charge in [-0.25, -0.2) is 4.31 Å². The summed E-state index contributed by atoms with van der Waals surface area (Å²) < 4.78 is 78.8. The second kappa shape index (κ2) is 45.5. The normalized spacial score (nSPS) is 32.6. The molecule has 24 nitrogen and oxygen atoms in total. The lowest BCUT2D eigenvalue weighted by molar-refractivity contribution is -0.383. The topological polar surface area (TPSA) is 375 Å². The molecule has 4 saturated heterocycles. The molecule has 0 radical (unpaired) electrons. The number of phosphoric acid groups is 2. The second-order valence-corrected chi connectivity index (χ2v) is 30.9. The molecule has 0 spiro atoms. The molecule has 0 aromatic heterocycles. The molecule has 4 rings (SSSR count). The Balaban J connectivity index is 1.13. The third-order valence-electron chi connectivity index (χ3n) is 18.4. The molecule has 0 bridgehead atoms. The molecule has 0 aromatic rings. The molecule has 10 N–H and O–H groups in total. The Morgan fingerprint density at radius 1 is 0.380 bits per heavy atom. The Morgan fingerprint density at radius 3 is 1.08 bits per heavy atom. The Labute approximate surface area is 594 Å². The van der Waals surface area contributed by atoms with Crippen LogP contribution in [0.5, 0.6) is 0 Å². The molecule has 2 unspecified atom stereocenters. The van der Waals surface area contributed by atoms with E-state index in [1.54, 1.807) is 6.92 Å². The summed E-state index contributed by atoms with van der Waals surface area (Å²) in [6.07, 6.45) is 7.80. The van der Waals surface area contributed by atoms with Gasteiger partial charge in [-0.05, 0) is 206 Å². The number of hydrogen-bond donors (Lipinski definition) is 10. The number of aliphatic hydroxyl groups is 10. The smallest absolute Gasteiger partial charge is 0.276 e. The molecular weight excluding hydrogens is 1330 g/mol. The predicted molar refractivity (Wildman–Crippen MR) is 377 cm³/mol. The molecule has 100 heavy (non-hydrogen) atoms. The van der Waals surface area contributed by atoms with Gasteiger partial charge < -0.3 is 98.5 Å². The summed E-state index contributed by atoms with van der Waals surface area (Å²) in [7, 11) is -11.7. The summed E-state index contributed by atoms with van der Waals surface area (Å²) in [6, 6.07) is 0. The summed E-state index contributed by atoms with van der Waals surface area (Å²) in [5.74, 6) is 0. The number of phosphoric ester groups is 2. The van der Waals surface area contributed by atoms with Crippen molar-refractivity contribution in [2.24, 2.45) is 0 Å². The van der Waals surface area contributed by atoms with Crippen LogP contribution in [0.25, 0.3) is 0 Å². The zero-order chi connectivity index (χ0) is 74.4. The van der Waals surface area contributed by atoms with Gasteiger partial charge in [0.15, 0.2) is 25.2 Å². The van der Waals surface area contributed by atoms with Gasteiger partial charge in [-0.1, -0.05) is 116 Å². The minimum Gasteiger partial charge on any atom is -0.756 e. The van der Waals surface area contributed by atoms with E-state index in [9.17, 15) is 70.0 Å². The van der Waals surface area contributed by atoms with Crippen molar-refractivity contribution in [2.45, 2.75) is 329 Å². The molecule has 21 atom stereocenters. The highest BCUT2D eigenvalue weighted by molar-refractivity contribution is 7.59. The van der Waals surface area contributed by atoms with Gasteiger partial charge in [0.05, 0.1) is 38.1 Å². The fraction of sp³-hybridized carbons (Fsp3) is 0.730. The first-order valence-corrected chi connectivity index (χ1v) is 38.5. The van der Waals surface area contributed by atoms with E-state index in [4.69, 9.17) is 42.2 Å². The maximum Gasteiger partial charge on any atom is 0.276 e. The Bertz CT molecular complexity index is 2880. The van der Waals surface area contributed by atoms with Crippen molar-refractivity contribution in [2.75, 3.05) is 19.8 Å². The van der Waals surface area contributed by atoms with Crippen molar-refractivity contribution < 1.29 is 116 Å². The summed E-state index contributed by atoms with van der Waals surface area (Å²) in [5, 5.41) is 107. The van der Waals surface area contributed by atoms with Crippen LogP contribution in [0.3, 0.4) is 0 Å². The van der Waals surface area contributed by atoms with Crippen LogP contribution in [0.15, 0.2) is 116 Å². The van der Waals surface area contributed by atoms with Crippen molar-refractivity contribution in [3.8, 4) is 0 Å². The van der Waals surface area contributed by atoms with Gasteiger partial charge in [-0.2, -0.15) is 0 Å². The molecule has 26 heteroatoms. The van der Waals surface area contributed by atoms with E-state index in [1.165, 1.54) is 70.1 Å². The number of ether oxygens (including phenoxy) is 7. The van der Waals surface area contributed by atoms with E-state index in [0.29, 0.717) is 12.8 Å². The van der Waals surface area contributed by atoms with Gasteiger partial charge in [0.25, 0.3) is 15.6 Å². The molecular formula is C74H122O24P2-2. The molecule has 0 saturated carbocycles. The third kappa shape index (κ3) is 32.4. The maximum atomic E-state index is 13.0. The molecule has 4 aliphatic rings. The molecule has 0 amide bonds. The molecule has 0 aromatic carbocycles. The summed E-state index contributed by atoms with van der Waals surface area (Å²) in [6.45, 7) is 24.1. The van der Waals surface area contributed by atoms with Crippen LogP contribution in [-0.4, -0.2) is 188 Å². The Morgan fingerprint density at radius 2 is 0.700 bits per heavy atom. The first-order chi connectivity index (χ1) is 47.1. The van der Waals surface area contributed by atoms with Crippen LogP contribution < -0.4 is 9.79 Å². The average Bonchev–Trinajstić information content (AvgIpc) is 0.781. The highest BCUT2D eigenvalue weighted by atomic mass is 31.3. The van der Waals surface area contributed by atoms with E-state index in [2.05, 4.69) is 128 Å². The maximum absolute atomic E-state index is 13.0. The van der Waals surface area contributed by atoms with E-state index in [0.717, 1.165) is 108 Å². The van der Waals surface area contributed by atoms with Crippen molar-refractivity contribution in [1.82, 2.24) is 0 Å². The fourth-order valence-electron chi connectivity index (χ4n) is 11.9. The first kappa shape index (κ1) is 89.4. The molecule has 574 valence electrons. The van der Waals surface area contributed by atoms with Gasteiger partial charge in [-0.15, -0.1) is 0 Å². The van der Waals surface area contributed by atoms with Crippen LogP contribution in [0, 0.1) is 0 Å². The highest BCUT2D eigenvalue weighted by Gasteiger charge is 2.55. The second-order valence-electron chi connectivity index (χ2n) is 27.9. The Hall–Kier alpha value is -3.02. The largest absolute Gasteiger partial charge is 0.756 e. The number of hydrogen-bond acceptors (Lipinski definition) is 24. The van der Waals surface area contributed by atoms with E-state index >= 15 is 0 Å². The standard InChI is InChI=1S/C74H124O24P2/c1-46(2)23-14-24-47(3)25-15-26-48(4)27-16-28-49(5)29-17-30-50(6)31-18-32-51(7)33-19-34-52(8)35-20-36-53(9)37-21-38-54(10)39-22-40-55(11)41-42-89-99(85,86)98-100(87,88)97-74-67(84)70(63(80)61(45-76)93-74)96-72-65(82)64(81)68(57(13)91-72)94-73-66(83)69(62(79)60(44-75)92-73)95-71-59(78)43-58(77)56(12)90-71/h23,25,27,29,31,33,35,37,39,41,56-84H,14-22,24,26,28,30,32,34,36,38,40,42-45H2,1-13H3,(H,85,86)(H,87,88)/p-2/b47-25+,48-27-,49-29-,50-31-,51-33-,52-35-,53-37-,54-39-,55-41-/t56-,57+,58-,59-,60-,61-,62-,63+,64+,65-,66+,67-,68+,69+,70+,71-,72+,73-,74+/m1/s1. The zero-order valence-electron chi connectivity index (χ0n) is 61.4. The number of aliphatic hydroxyl groups excluding tert-OH is 10. The lowest BCUT2D eigenvalue weighted by atomic mass is 9.96. The van der Waals surface area contributed by atoms with Crippen LogP contribution in [0.1, 0.15) is 212 Å². The molecule has 4 aliphatic heterocycles. The number of allylic oxidation sites excluding steroid dienone is 19. The minimum absolute atomic E-state index is 0.162. The van der Waals surface area contributed by atoms with Crippen LogP contribution in [-0.2, 0) is 55.6 Å². The number of rotatable bonds is 42. The average molecular weight is 1460 g/mol. The zero-order valence-corrected chi connectivity index (χ0v) is 63.2. The van der Waals surface area contributed by atoms with Gasteiger partial charge in [0, 0.05) is 6.42 Å². The van der Waals surface area contributed by atoms with Crippen molar-refractivity contribution in [1.29, 1.82) is 0 Å². The van der Waals surface area contributed by atoms with Gasteiger partial charge in [-0.3, -0.25) is 13.7 Å². The van der Waals surface area contributed by atoms with Crippen molar-refractivity contribution in [3.63, 3.8) is 0 Å². The highest BCUT2D eigenvalue weighted by Crippen LogP contribution is 2.57. The lowest BCUT2D eigenvalue weighted by Crippen LogP contribution is -2.66. The first-order valence-electron chi connectivity index (χ1n) is 35.6. The third-order valence-corrected chi connectivity index (χ3v) is 21.0. The Kier molecular flexibility index (Phi) is 40.6. The summed E-state index contributed by atoms with van der Waals surface area (Å²) in [5.41, 5.74) is 13.4. The quantitative estimate of drug-likeness (QED) is 0.0201. The van der Waals surface area contributed by atoms with Gasteiger partial charge in [0.2, 0.25) is 0 Å². The van der Waals surface area contributed by atoms with Crippen LogP contribution >= 0.6 is 15.6 Å². The molecule has 4 fully saturated rings. The van der Waals surface area contributed by atoms with E-state index in [-0.39, 0.29) is 6.42 Å².